The van der Waals surface area contributed by atoms with E-state index in [1.54, 1.807) is 0 Å². The second-order valence-corrected chi connectivity index (χ2v) is 5.10. The molecule has 0 aliphatic carbocycles. The minimum Gasteiger partial charge on any atom is -0.356 e. The highest BCUT2D eigenvalue weighted by Crippen LogP contribution is 2.21. The average molecular weight is 261 g/mol. The summed E-state index contributed by atoms with van der Waals surface area (Å²) >= 11 is 0. The van der Waals surface area contributed by atoms with E-state index in [0.29, 0.717) is 0 Å². The SMILES string of the molecule is CCCCCCNC(=O)C(CCC)c1ccccc1. The lowest BCUT2D eigenvalue weighted by Gasteiger charge is -2.16. The van der Waals surface area contributed by atoms with E-state index in [-0.39, 0.29) is 11.8 Å². The molecule has 0 fully saturated rings. The van der Waals surface area contributed by atoms with E-state index in [0.717, 1.165) is 31.4 Å². The lowest BCUT2D eigenvalue weighted by Crippen LogP contribution is -2.30. The maximum absolute atomic E-state index is 12.3. The highest BCUT2D eigenvalue weighted by atomic mass is 16.1. The molecule has 1 atom stereocenters. The van der Waals surface area contributed by atoms with Crippen LogP contribution in [0.3, 0.4) is 0 Å². The van der Waals surface area contributed by atoms with Gasteiger partial charge >= 0.3 is 0 Å². The minimum absolute atomic E-state index is 0.0115. The maximum atomic E-state index is 12.3. The predicted molar refractivity (Wildman–Crippen MR) is 81.2 cm³/mol. The fraction of sp³-hybridized carbons (Fsp3) is 0.588. The molecule has 0 radical (unpaired) electrons. The topological polar surface area (TPSA) is 29.1 Å². The van der Waals surface area contributed by atoms with Crippen molar-refractivity contribution >= 4 is 5.91 Å². The molecular weight excluding hydrogens is 234 g/mol. The summed E-state index contributed by atoms with van der Waals surface area (Å²) in [6, 6.07) is 10.1. The Bertz CT molecular complexity index is 348. The van der Waals surface area contributed by atoms with Gasteiger partial charge in [-0.05, 0) is 18.4 Å². The number of carbonyl (C=O) groups excluding carboxylic acids is 1. The number of amides is 1. The van der Waals surface area contributed by atoms with E-state index in [1.807, 2.05) is 18.2 Å². The van der Waals surface area contributed by atoms with E-state index < -0.39 is 0 Å². The lowest BCUT2D eigenvalue weighted by atomic mass is 9.93. The van der Waals surface area contributed by atoms with Gasteiger partial charge in [-0.3, -0.25) is 4.79 Å². The van der Waals surface area contributed by atoms with Crippen molar-refractivity contribution < 1.29 is 4.79 Å². The maximum Gasteiger partial charge on any atom is 0.227 e. The predicted octanol–water partition coefficient (Wildman–Crippen LogP) is 4.27. The summed E-state index contributed by atoms with van der Waals surface area (Å²) in [6.07, 6.45) is 6.74. The number of unbranched alkanes of at least 4 members (excludes halogenated alkanes) is 3. The highest BCUT2D eigenvalue weighted by molar-refractivity contribution is 5.83. The molecule has 0 saturated heterocycles. The Morgan fingerprint density at radius 2 is 1.79 bits per heavy atom. The van der Waals surface area contributed by atoms with Crippen LogP contribution in [-0.2, 0) is 4.79 Å². The van der Waals surface area contributed by atoms with Gasteiger partial charge in [0.25, 0.3) is 0 Å². The van der Waals surface area contributed by atoms with E-state index >= 15 is 0 Å². The summed E-state index contributed by atoms with van der Waals surface area (Å²) in [5.74, 6) is 0.196. The summed E-state index contributed by atoms with van der Waals surface area (Å²) in [5, 5.41) is 3.09. The van der Waals surface area contributed by atoms with Crippen molar-refractivity contribution in [3.8, 4) is 0 Å². The zero-order valence-electron chi connectivity index (χ0n) is 12.3. The van der Waals surface area contributed by atoms with Gasteiger partial charge in [0, 0.05) is 6.54 Å². The Morgan fingerprint density at radius 1 is 1.05 bits per heavy atom. The third-order valence-corrected chi connectivity index (χ3v) is 3.43. The van der Waals surface area contributed by atoms with Crippen molar-refractivity contribution in [3.63, 3.8) is 0 Å². The van der Waals surface area contributed by atoms with Gasteiger partial charge < -0.3 is 5.32 Å². The van der Waals surface area contributed by atoms with Crippen LogP contribution in [0.25, 0.3) is 0 Å². The van der Waals surface area contributed by atoms with Gasteiger partial charge in [-0.25, -0.2) is 0 Å². The van der Waals surface area contributed by atoms with Crippen molar-refractivity contribution in [1.29, 1.82) is 0 Å². The average Bonchev–Trinajstić information content (AvgIpc) is 2.45. The Labute approximate surface area is 117 Å². The van der Waals surface area contributed by atoms with Crippen molar-refractivity contribution in [3.05, 3.63) is 35.9 Å². The second-order valence-electron chi connectivity index (χ2n) is 5.10. The first-order valence-electron chi connectivity index (χ1n) is 7.62. The van der Waals surface area contributed by atoms with Gasteiger partial charge in [-0.1, -0.05) is 69.9 Å². The zero-order valence-corrected chi connectivity index (χ0v) is 12.3. The molecule has 0 aliphatic rings. The van der Waals surface area contributed by atoms with Crippen molar-refractivity contribution in [2.75, 3.05) is 6.54 Å². The summed E-state index contributed by atoms with van der Waals surface area (Å²) in [4.78, 5) is 12.3. The van der Waals surface area contributed by atoms with Gasteiger partial charge in [0.1, 0.15) is 0 Å². The molecule has 1 aromatic carbocycles. The van der Waals surface area contributed by atoms with Crippen LogP contribution in [0.1, 0.15) is 63.9 Å². The van der Waals surface area contributed by atoms with Gasteiger partial charge in [0.05, 0.1) is 5.92 Å². The Morgan fingerprint density at radius 3 is 2.42 bits per heavy atom. The van der Waals surface area contributed by atoms with Crippen LogP contribution in [0.4, 0.5) is 0 Å². The number of carbonyl (C=O) groups is 1. The molecule has 0 aromatic heterocycles. The zero-order chi connectivity index (χ0) is 13.9. The molecule has 2 heteroatoms. The highest BCUT2D eigenvalue weighted by Gasteiger charge is 2.18. The largest absolute Gasteiger partial charge is 0.356 e. The van der Waals surface area contributed by atoms with Crippen molar-refractivity contribution in [2.45, 2.75) is 58.3 Å². The fourth-order valence-electron chi connectivity index (χ4n) is 2.31. The molecule has 0 bridgehead atoms. The van der Waals surface area contributed by atoms with Crippen LogP contribution < -0.4 is 5.32 Å². The van der Waals surface area contributed by atoms with Crippen LogP contribution in [0.2, 0.25) is 0 Å². The first kappa shape index (κ1) is 15.7. The third kappa shape index (κ3) is 5.91. The fourth-order valence-corrected chi connectivity index (χ4v) is 2.31. The quantitative estimate of drug-likeness (QED) is 0.661. The van der Waals surface area contributed by atoms with Crippen LogP contribution in [-0.4, -0.2) is 12.5 Å². The number of nitrogens with one attached hydrogen (secondary N) is 1. The van der Waals surface area contributed by atoms with E-state index in [2.05, 4.69) is 31.3 Å². The van der Waals surface area contributed by atoms with Gasteiger partial charge in [0.15, 0.2) is 0 Å². The van der Waals surface area contributed by atoms with Crippen LogP contribution in [0.15, 0.2) is 30.3 Å². The van der Waals surface area contributed by atoms with E-state index in [4.69, 9.17) is 0 Å². The Hall–Kier alpha value is -1.31. The number of benzene rings is 1. The number of hydrogen-bond donors (Lipinski definition) is 1. The van der Waals surface area contributed by atoms with E-state index in [1.165, 1.54) is 19.3 Å². The van der Waals surface area contributed by atoms with Crippen LogP contribution >= 0.6 is 0 Å². The van der Waals surface area contributed by atoms with Crippen LogP contribution in [0.5, 0.6) is 0 Å². The molecule has 0 heterocycles. The Kier molecular flexibility index (Phi) is 7.95. The molecule has 2 nitrogen and oxygen atoms in total. The molecule has 1 aromatic rings. The summed E-state index contributed by atoms with van der Waals surface area (Å²) in [5.41, 5.74) is 1.13. The molecule has 1 rings (SSSR count). The van der Waals surface area contributed by atoms with Crippen molar-refractivity contribution in [2.24, 2.45) is 0 Å². The molecule has 0 saturated carbocycles. The number of hydrogen-bond acceptors (Lipinski definition) is 1. The second kappa shape index (κ2) is 9.60. The molecule has 1 amide bonds. The summed E-state index contributed by atoms with van der Waals surface area (Å²) < 4.78 is 0. The Balaban J connectivity index is 2.45. The van der Waals surface area contributed by atoms with Crippen LogP contribution in [0, 0.1) is 0 Å². The normalized spacial score (nSPS) is 12.1. The standard InChI is InChI=1S/C17H27NO/c1-3-5-6-10-14-18-17(19)16(11-4-2)15-12-8-7-9-13-15/h7-9,12-13,16H,3-6,10-11,14H2,1-2H3,(H,18,19). The van der Waals surface area contributed by atoms with Gasteiger partial charge in [0.2, 0.25) is 5.91 Å². The smallest absolute Gasteiger partial charge is 0.227 e. The minimum atomic E-state index is 0.0115. The molecule has 0 aliphatic heterocycles. The first-order chi connectivity index (χ1) is 9.29. The van der Waals surface area contributed by atoms with Gasteiger partial charge in [-0.2, -0.15) is 0 Å². The monoisotopic (exact) mass is 261 g/mol. The molecular formula is C17H27NO. The molecule has 1 unspecified atom stereocenters. The van der Waals surface area contributed by atoms with E-state index in [9.17, 15) is 4.79 Å². The molecule has 19 heavy (non-hydrogen) atoms. The summed E-state index contributed by atoms with van der Waals surface area (Å²) in [6.45, 7) is 5.14. The molecule has 1 N–H and O–H groups in total. The molecule has 106 valence electrons. The molecule has 0 spiro atoms. The number of rotatable bonds is 9. The third-order valence-electron chi connectivity index (χ3n) is 3.43. The lowest BCUT2D eigenvalue weighted by molar-refractivity contribution is -0.122. The summed E-state index contributed by atoms with van der Waals surface area (Å²) in [7, 11) is 0. The first-order valence-corrected chi connectivity index (χ1v) is 7.62. The van der Waals surface area contributed by atoms with Gasteiger partial charge in [-0.15, -0.1) is 0 Å². The van der Waals surface area contributed by atoms with Crippen molar-refractivity contribution in [1.82, 2.24) is 5.32 Å².